The number of hydrogen-bond acceptors (Lipinski definition) is 5. The number of rotatable bonds is 2. The topological polar surface area (TPSA) is 85.6 Å². The molecule has 0 saturated carbocycles. The summed E-state index contributed by atoms with van der Waals surface area (Å²) in [7, 11) is 0. The van der Waals surface area contributed by atoms with Crippen molar-refractivity contribution in [3.05, 3.63) is 70.6 Å². The number of nitrogens with one attached hydrogen (secondary N) is 1. The first-order chi connectivity index (χ1) is 13.6. The summed E-state index contributed by atoms with van der Waals surface area (Å²) in [6.07, 6.45) is 2.13. The quantitative estimate of drug-likeness (QED) is 0.564. The van der Waals surface area contributed by atoms with E-state index in [1.807, 2.05) is 31.2 Å². The second-order valence-electron chi connectivity index (χ2n) is 6.73. The zero-order valence-electron chi connectivity index (χ0n) is 14.9. The van der Waals surface area contributed by atoms with Crippen LogP contribution in [0.4, 0.5) is 5.82 Å². The fourth-order valence-electron chi connectivity index (χ4n) is 3.73. The number of benzene rings is 1. The molecule has 0 bridgehead atoms. The van der Waals surface area contributed by atoms with E-state index in [1.54, 1.807) is 23.0 Å². The van der Waals surface area contributed by atoms with Crippen LogP contribution in [0.5, 0.6) is 0 Å². The van der Waals surface area contributed by atoms with Gasteiger partial charge in [0.2, 0.25) is 5.91 Å². The van der Waals surface area contributed by atoms with E-state index in [1.165, 1.54) is 0 Å². The van der Waals surface area contributed by atoms with Crippen molar-refractivity contribution >= 4 is 34.2 Å². The van der Waals surface area contributed by atoms with Crippen LogP contribution in [-0.4, -0.2) is 30.9 Å². The Hall–Kier alpha value is -3.32. The highest BCUT2D eigenvalue weighted by molar-refractivity contribution is 6.29. The van der Waals surface area contributed by atoms with E-state index in [9.17, 15) is 4.79 Å². The number of aromatic nitrogens is 5. The van der Waals surface area contributed by atoms with Gasteiger partial charge in [-0.3, -0.25) is 9.78 Å². The van der Waals surface area contributed by atoms with Crippen molar-refractivity contribution in [2.24, 2.45) is 0 Å². The minimum absolute atomic E-state index is 0.0631. The number of amides is 1. The molecule has 4 aromatic rings. The third-order valence-electron chi connectivity index (χ3n) is 4.97. The molecule has 0 aliphatic carbocycles. The third-order valence-corrected chi connectivity index (χ3v) is 5.17. The maximum absolute atomic E-state index is 12.5. The van der Waals surface area contributed by atoms with Crippen LogP contribution in [-0.2, 0) is 4.79 Å². The van der Waals surface area contributed by atoms with Crippen LogP contribution in [0.25, 0.3) is 16.7 Å². The van der Waals surface area contributed by atoms with E-state index in [4.69, 9.17) is 11.6 Å². The van der Waals surface area contributed by atoms with Crippen molar-refractivity contribution in [2.75, 3.05) is 5.32 Å². The summed E-state index contributed by atoms with van der Waals surface area (Å²) in [5, 5.41) is 16.9. The first-order valence-corrected chi connectivity index (χ1v) is 9.21. The largest absolute Gasteiger partial charge is 0.310 e. The van der Waals surface area contributed by atoms with Gasteiger partial charge in [-0.05, 0) is 42.8 Å². The van der Waals surface area contributed by atoms with Crippen LogP contribution in [0, 0.1) is 6.92 Å². The minimum Gasteiger partial charge on any atom is -0.310 e. The minimum atomic E-state index is -0.0950. The fraction of sp³-hybridized carbons (Fsp3) is 0.150. The van der Waals surface area contributed by atoms with Crippen LogP contribution in [0.2, 0.25) is 5.15 Å². The first kappa shape index (κ1) is 16.8. The lowest BCUT2D eigenvalue weighted by Crippen LogP contribution is -2.25. The van der Waals surface area contributed by atoms with Crippen molar-refractivity contribution in [2.45, 2.75) is 19.3 Å². The van der Waals surface area contributed by atoms with Gasteiger partial charge < -0.3 is 5.32 Å². The van der Waals surface area contributed by atoms with Gasteiger partial charge >= 0.3 is 0 Å². The van der Waals surface area contributed by atoms with Gasteiger partial charge in [-0.15, -0.1) is 10.2 Å². The molecular weight excluding hydrogens is 376 g/mol. The maximum Gasteiger partial charge on any atom is 0.226 e. The van der Waals surface area contributed by atoms with Crippen LogP contribution < -0.4 is 5.32 Å². The smallest absolute Gasteiger partial charge is 0.226 e. The Kier molecular flexibility index (Phi) is 3.84. The maximum atomic E-state index is 12.5. The standard InChI is InChI=1S/C20H15ClN6O/c1-11-19-14(12-4-5-15-13(9-12)3-2-8-22-15)10-18(28)23-20(19)27(26-11)17-7-6-16(21)24-25-17/h2-9,14H,10H2,1H3,(H,23,28). The van der Waals surface area contributed by atoms with Crippen molar-refractivity contribution in [3.63, 3.8) is 0 Å². The van der Waals surface area contributed by atoms with Gasteiger partial charge in [0.15, 0.2) is 11.0 Å². The number of halogens is 1. The molecule has 5 rings (SSSR count). The monoisotopic (exact) mass is 390 g/mol. The van der Waals surface area contributed by atoms with Crippen molar-refractivity contribution in [3.8, 4) is 5.82 Å². The van der Waals surface area contributed by atoms with Gasteiger partial charge in [0.1, 0.15) is 5.82 Å². The lowest BCUT2D eigenvalue weighted by atomic mass is 9.85. The molecule has 8 heteroatoms. The Bertz CT molecular complexity index is 1220. The van der Waals surface area contributed by atoms with E-state index in [0.717, 1.165) is 27.7 Å². The summed E-state index contributed by atoms with van der Waals surface area (Å²) in [4.78, 5) is 16.9. The second-order valence-corrected chi connectivity index (χ2v) is 7.12. The Morgan fingerprint density at radius 2 is 2.07 bits per heavy atom. The van der Waals surface area contributed by atoms with E-state index in [2.05, 4.69) is 31.7 Å². The predicted molar refractivity (Wildman–Crippen MR) is 106 cm³/mol. The van der Waals surface area contributed by atoms with Crippen molar-refractivity contribution in [1.29, 1.82) is 0 Å². The Balaban J connectivity index is 1.66. The molecule has 1 amide bonds. The highest BCUT2D eigenvalue weighted by atomic mass is 35.5. The summed E-state index contributed by atoms with van der Waals surface area (Å²) in [5.74, 6) is 0.966. The molecule has 0 saturated heterocycles. The summed E-state index contributed by atoms with van der Waals surface area (Å²) in [5.41, 5.74) is 3.81. The van der Waals surface area contributed by atoms with Gasteiger partial charge in [-0.25, -0.2) is 0 Å². The molecule has 1 aliphatic rings. The summed E-state index contributed by atoms with van der Waals surface area (Å²) in [6.45, 7) is 1.94. The third kappa shape index (κ3) is 2.71. The predicted octanol–water partition coefficient (Wildman–Crippen LogP) is 3.65. The van der Waals surface area contributed by atoms with Crippen molar-refractivity contribution < 1.29 is 4.79 Å². The number of aryl methyl sites for hydroxylation is 1. The SMILES string of the molecule is Cc1nn(-c2ccc(Cl)nn2)c2c1C(c1ccc3ncccc3c1)CC(=O)N2. The number of anilines is 1. The molecule has 0 fully saturated rings. The zero-order valence-corrected chi connectivity index (χ0v) is 15.7. The molecule has 28 heavy (non-hydrogen) atoms. The Morgan fingerprint density at radius 1 is 1.18 bits per heavy atom. The summed E-state index contributed by atoms with van der Waals surface area (Å²) >= 11 is 5.84. The number of carbonyl (C=O) groups is 1. The molecule has 1 aliphatic heterocycles. The molecule has 1 aromatic carbocycles. The second kappa shape index (κ2) is 6.38. The number of pyridine rings is 1. The molecule has 0 spiro atoms. The normalized spacial score (nSPS) is 16.1. The Labute approximate surface area is 165 Å². The Morgan fingerprint density at radius 3 is 2.89 bits per heavy atom. The molecule has 3 aromatic heterocycles. The van der Waals surface area contributed by atoms with Crippen LogP contribution >= 0.6 is 11.6 Å². The highest BCUT2D eigenvalue weighted by Gasteiger charge is 2.33. The average molecular weight is 391 g/mol. The zero-order chi connectivity index (χ0) is 19.3. The molecule has 0 radical (unpaired) electrons. The molecule has 138 valence electrons. The van der Waals surface area contributed by atoms with Crippen LogP contribution in [0.3, 0.4) is 0 Å². The van der Waals surface area contributed by atoms with Gasteiger partial charge in [0.05, 0.1) is 11.2 Å². The summed E-state index contributed by atoms with van der Waals surface area (Å²) < 4.78 is 1.61. The van der Waals surface area contributed by atoms with Crippen LogP contribution in [0.15, 0.2) is 48.7 Å². The molecule has 1 atom stereocenters. The summed E-state index contributed by atoms with van der Waals surface area (Å²) in [6, 6.07) is 13.4. The molecule has 1 N–H and O–H groups in total. The average Bonchev–Trinajstić information content (AvgIpc) is 3.04. The molecule has 4 heterocycles. The first-order valence-electron chi connectivity index (χ1n) is 8.84. The van der Waals surface area contributed by atoms with E-state index >= 15 is 0 Å². The molecule has 1 unspecified atom stereocenters. The van der Waals surface area contributed by atoms with Crippen LogP contribution in [0.1, 0.15) is 29.2 Å². The van der Waals surface area contributed by atoms with E-state index in [-0.39, 0.29) is 11.8 Å². The van der Waals surface area contributed by atoms with E-state index in [0.29, 0.717) is 23.2 Å². The van der Waals surface area contributed by atoms with Crippen molar-refractivity contribution in [1.82, 2.24) is 25.0 Å². The lowest BCUT2D eigenvalue weighted by Gasteiger charge is -2.24. The molecule has 7 nitrogen and oxygen atoms in total. The van der Waals surface area contributed by atoms with Gasteiger partial charge in [-0.1, -0.05) is 23.7 Å². The van der Waals surface area contributed by atoms with Gasteiger partial charge in [0, 0.05) is 29.5 Å². The fourth-order valence-corrected chi connectivity index (χ4v) is 3.83. The van der Waals surface area contributed by atoms with Gasteiger partial charge in [0.25, 0.3) is 0 Å². The number of carbonyl (C=O) groups excluding carboxylic acids is 1. The number of hydrogen-bond donors (Lipinski definition) is 1. The highest BCUT2D eigenvalue weighted by Crippen LogP contribution is 2.40. The lowest BCUT2D eigenvalue weighted by molar-refractivity contribution is -0.116. The number of nitrogens with zero attached hydrogens (tertiary/aromatic N) is 5. The molecular formula is C20H15ClN6O. The van der Waals surface area contributed by atoms with Gasteiger partial charge in [-0.2, -0.15) is 9.78 Å². The number of fused-ring (bicyclic) bond motifs is 2. The van der Waals surface area contributed by atoms with E-state index < -0.39 is 0 Å².